The second kappa shape index (κ2) is 5.16. The Morgan fingerprint density at radius 1 is 1.37 bits per heavy atom. The van der Waals surface area contributed by atoms with Crippen molar-refractivity contribution in [2.45, 2.75) is 45.6 Å². The summed E-state index contributed by atoms with van der Waals surface area (Å²) in [5.74, 6) is 0.242. The van der Waals surface area contributed by atoms with Gasteiger partial charge in [0, 0.05) is 18.4 Å². The average Bonchev–Trinajstić information content (AvgIpc) is 2.59. The monoisotopic (exact) mass is 259 g/mol. The van der Waals surface area contributed by atoms with Gasteiger partial charge in [0.15, 0.2) is 5.78 Å². The summed E-state index contributed by atoms with van der Waals surface area (Å²) in [7, 11) is 0. The van der Waals surface area contributed by atoms with Crippen molar-refractivity contribution in [2.75, 3.05) is 6.54 Å². The fourth-order valence-electron chi connectivity index (χ4n) is 2.70. The summed E-state index contributed by atoms with van der Waals surface area (Å²) >= 11 is 0. The zero-order valence-electron chi connectivity index (χ0n) is 11.9. The molecule has 1 saturated heterocycles. The normalized spacial score (nSPS) is 17.8. The van der Waals surface area contributed by atoms with Gasteiger partial charge < -0.3 is 4.90 Å². The molecular weight excluding hydrogens is 238 g/mol. The molecule has 0 spiro atoms. The number of likely N-dealkylation sites (tertiary alicyclic amines) is 1. The third kappa shape index (κ3) is 3.22. The third-order valence-electron chi connectivity index (χ3n) is 3.71. The number of ketones is 1. The molecule has 0 radical (unpaired) electrons. The van der Waals surface area contributed by atoms with Gasteiger partial charge in [0.25, 0.3) is 0 Å². The molecule has 1 amide bonds. The summed E-state index contributed by atoms with van der Waals surface area (Å²) < 4.78 is 0. The minimum Gasteiger partial charge on any atom is -0.330 e. The molecule has 0 aromatic heterocycles. The summed E-state index contributed by atoms with van der Waals surface area (Å²) in [6.45, 7) is 6.25. The lowest BCUT2D eigenvalue weighted by Crippen LogP contribution is -2.42. The first-order valence-corrected chi connectivity index (χ1v) is 6.76. The van der Waals surface area contributed by atoms with Crippen molar-refractivity contribution < 1.29 is 9.59 Å². The van der Waals surface area contributed by atoms with E-state index in [1.165, 1.54) is 11.1 Å². The Morgan fingerprint density at radius 2 is 2.11 bits per heavy atom. The molecule has 0 aliphatic carbocycles. The molecule has 1 aliphatic rings. The molecule has 102 valence electrons. The van der Waals surface area contributed by atoms with Gasteiger partial charge >= 0.3 is 0 Å². The summed E-state index contributed by atoms with van der Waals surface area (Å²) in [6.07, 6.45) is 1.69. The van der Waals surface area contributed by atoms with Crippen LogP contribution in [-0.2, 0) is 16.0 Å². The number of amides is 1. The highest BCUT2D eigenvalue weighted by Gasteiger charge is 2.39. The van der Waals surface area contributed by atoms with E-state index in [0.29, 0.717) is 12.8 Å². The number of carbonyl (C=O) groups excluding carboxylic acids is 2. The van der Waals surface area contributed by atoms with Crippen molar-refractivity contribution in [3.05, 3.63) is 35.4 Å². The molecule has 1 heterocycles. The van der Waals surface area contributed by atoms with E-state index in [2.05, 4.69) is 6.07 Å². The van der Waals surface area contributed by atoms with Crippen LogP contribution in [-0.4, -0.2) is 28.7 Å². The van der Waals surface area contributed by atoms with Gasteiger partial charge in [0.2, 0.25) is 5.91 Å². The molecule has 1 aliphatic heterocycles. The van der Waals surface area contributed by atoms with Gasteiger partial charge in [-0.3, -0.25) is 9.59 Å². The number of hydrogen-bond acceptors (Lipinski definition) is 2. The van der Waals surface area contributed by atoms with E-state index < -0.39 is 0 Å². The molecule has 1 aromatic rings. The highest BCUT2D eigenvalue weighted by atomic mass is 16.2. The van der Waals surface area contributed by atoms with Gasteiger partial charge in [-0.2, -0.15) is 0 Å². The molecular formula is C16H21NO2. The van der Waals surface area contributed by atoms with Crippen molar-refractivity contribution in [1.82, 2.24) is 4.90 Å². The van der Waals surface area contributed by atoms with Crippen LogP contribution in [0.4, 0.5) is 0 Å². The number of aryl methyl sites for hydroxylation is 2. The predicted octanol–water partition coefficient (Wildman–Crippen LogP) is 2.51. The van der Waals surface area contributed by atoms with Gasteiger partial charge in [0.1, 0.15) is 0 Å². The quantitative estimate of drug-likeness (QED) is 0.836. The Kier molecular flexibility index (Phi) is 3.74. The van der Waals surface area contributed by atoms with Crippen LogP contribution in [0.15, 0.2) is 24.3 Å². The zero-order chi connectivity index (χ0) is 14.0. The topological polar surface area (TPSA) is 37.4 Å². The highest BCUT2D eigenvalue weighted by molar-refractivity contribution is 5.91. The number of benzene rings is 1. The Hall–Kier alpha value is -1.64. The molecule has 0 unspecified atom stereocenters. The first-order chi connectivity index (χ1) is 8.88. The van der Waals surface area contributed by atoms with Gasteiger partial charge in [-0.15, -0.1) is 0 Å². The minimum atomic E-state index is -0.319. The highest BCUT2D eigenvalue weighted by Crippen LogP contribution is 2.27. The molecule has 19 heavy (non-hydrogen) atoms. The van der Waals surface area contributed by atoms with Crippen LogP contribution >= 0.6 is 0 Å². The number of nitrogens with zero attached hydrogens (tertiary/aromatic N) is 1. The smallest absolute Gasteiger partial charge is 0.223 e. The average molecular weight is 259 g/mol. The third-order valence-corrected chi connectivity index (χ3v) is 3.71. The fourth-order valence-corrected chi connectivity index (χ4v) is 2.70. The van der Waals surface area contributed by atoms with Crippen molar-refractivity contribution in [1.29, 1.82) is 0 Å². The minimum absolute atomic E-state index is 0.0809. The van der Waals surface area contributed by atoms with Crippen LogP contribution in [0.25, 0.3) is 0 Å². The Morgan fingerprint density at radius 3 is 2.68 bits per heavy atom. The second-order valence-electron chi connectivity index (χ2n) is 6.00. The van der Waals surface area contributed by atoms with E-state index in [-0.39, 0.29) is 23.8 Å². The maximum atomic E-state index is 12.2. The largest absolute Gasteiger partial charge is 0.330 e. The number of hydrogen-bond donors (Lipinski definition) is 0. The SMILES string of the molecule is Cc1cccc(CCC(=O)N2CC(=O)CC2(C)C)c1. The number of carbonyl (C=O) groups is 2. The van der Waals surface area contributed by atoms with Crippen molar-refractivity contribution in [2.24, 2.45) is 0 Å². The molecule has 1 aromatic carbocycles. The zero-order valence-corrected chi connectivity index (χ0v) is 11.9. The van der Waals surface area contributed by atoms with Crippen molar-refractivity contribution in [3.8, 4) is 0 Å². The molecule has 2 rings (SSSR count). The first kappa shape index (κ1) is 13.8. The van der Waals surface area contributed by atoms with E-state index in [9.17, 15) is 9.59 Å². The Bertz CT molecular complexity index is 505. The maximum Gasteiger partial charge on any atom is 0.223 e. The summed E-state index contributed by atoms with van der Waals surface area (Å²) in [6, 6.07) is 8.21. The van der Waals surface area contributed by atoms with E-state index >= 15 is 0 Å². The fraction of sp³-hybridized carbons (Fsp3) is 0.500. The standard InChI is InChI=1S/C16H21NO2/c1-12-5-4-6-13(9-12)7-8-15(19)17-11-14(18)10-16(17,2)3/h4-6,9H,7-8,10-11H2,1-3H3. The molecule has 0 N–H and O–H groups in total. The lowest BCUT2D eigenvalue weighted by molar-refractivity contribution is -0.135. The molecule has 0 atom stereocenters. The predicted molar refractivity (Wildman–Crippen MR) is 74.9 cm³/mol. The van der Waals surface area contributed by atoms with Gasteiger partial charge in [-0.25, -0.2) is 0 Å². The molecule has 0 bridgehead atoms. The van der Waals surface area contributed by atoms with Gasteiger partial charge in [-0.1, -0.05) is 29.8 Å². The lowest BCUT2D eigenvalue weighted by atomic mass is 10.0. The van der Waals surface area contributed by atoms with Crippen LogP contribution in [0.3, 0.4) is 0 Å². The van der Waals surface area contributed by atoms with Gasteiger partial charge in [0.05, 0.1) is 6.54 Å². The van der Waals surface area contributed by atoms with E-state index in [1.807, 2.05) is 39.0 Å². The summed E-state index contributed by atoms with van der Waals surface area (Å²) in [5, 5.41) is 0. The number of Topliss-reactive ketones (excluding diaryl/α,β-unsaturated/α-hetero) is 1. The molecule has 3 heteroatoms. The van der Waals surface area contributed by atoms with Crippen LogP contribution in [0.1, 0.15) is 37.8 Å². The van der Waals surface area contributed by atoms with E-state index in [1.54, 1.807) is 4.90 Å². The molecule has 1 fully saturated rings. The summed E-state index contributed by atoms with van der Waals surface area (Å²) in [4.78, 5) is 25.5. The van der Waals surface area contributed by atoms with Crippen molar-refractivity contribution in [3.63, 3.8) is 0 Å². The molecule has 0 saturated carbocycles. The van der Waals surface area contributed by atoms with Gasteiger partial charge in [-0.05, 0) is 32.8 Å². The second-order valence-corrected chi connectivity index (χ2v) is 6.00. The Labute approximate surface area is 114 Å². The van der Waals surface area contributed by atoms with Crippen LogP contribution < -0.4 is 0 Å². The summed E-state index contributed by atoms with van der Waals surface area (Å²) in [5.41, 5.74) is 2.07. The lowest BCUT2D eigenvalue weighted by Gasteiger charge is -2.30. The molecule has 3 nitrogen and oxygen atoms in total. The van der Waals surface area contributed by atoms with Crippen molar-refractivity contribution >= 4 is 11.7 Å². The van der Waals surface area contributed by atoms with E-state index in [4.69, 9.17) is 0 Å². The van der Waals surface area contributed by atoms with Crippen LogP contribution in [0, 0.1) is 6.92 Å². The van der Waals surface area contributed by atoms with Crippen LogP contribution in [0.5, 0.6) is 0 Å². The first-order valence-electron chi connectivity index (χ1n) is 6.76. The Balaban J connectivity index is 1.97. The number of rotatable bonds is 3. The van der Waals surface area contributed by atoms with Crippen LogP contribution in [0.2, 0.25) is 0 Å². The maximum absolute atomic E-state index is 12.2. The van der Waals surface area contributed by atoms with E-state index in [0.717, 1.165) is 6.42 Å².